The quantitative estimate of drug-likeness (QED) is 0.649. The van der Waals surface area contributed by atoms with Crippen LogP contribution < -0.4 is 5.73 Å². The average molecular weight is 385 g/mol. The zero-order valence-electron chi connectivity index (χ0n) is 11.1. The van der Waals surface area contributed by atoms with E-state index in [1.54, 1.807) is 25.1 Å². The Morgan fingerprint density at radius 3 is 2.41 bits per heavy atom. The van der Waals surface area contributed by atoms with E-state index in [2.05, 4.69) is 26.0 Å². The van der Waals surface area contributed by atoms with Crippen molar-refractivity contribution < 1.29 is 22.0 Å². The number of nitrogens with zero attached hydrogens (tertiary/aromatic N) is 3. The Bertz CT molecular complexity index is 695. The molecule has 0 aliphatic heterocycles. The van der Waals surface area contributed by atoms with Crippen molar-refractivity contribution in [2.45, 2.75) is 25.6 Å². The van der Waals surface area contributed by atoms with Crippen LogP contribution in [0.2, 0.25) is 0 Å². The molecule has 0 aliphatic carbocycles. The van der Waals surface area contributed by atoms with E-state index in [0.717, 1.165) is 10.2 Å². The van der Waals surface area contributed by atoms with Crippen LogP contribution in [-0.4, -0.2) is 20.9 Å². The van der Waals surface area contributed by atoms with Crippen LogP contribution in [-0.2, 0) is 12.5 Å². The molecule has 2 rings (SSSR count). The van der Waals surface area contributed by atoms with Crippen molar-refractivity contribution >= 4 is 21.6 Å². The van der Waals surface area contributed by atoms with Crippen molar-refractivity contribution in [2.24, 2.45) is 0 Å². The highest BCUT2D eigenvalue weighted by atomic mass is 79.9. The monoisotopic (exact) mass is 384 g/mol. The Kier molecular flexibility index (Phi) is 4.16. The number of halogens is 6. The van der Waals surface area contributed by atoms with Crippen molar-refractivity contribution in [3.63, 3.8) is 0 Å². The lowest BCUT2D eigenvalue weighted by Gasteiger charge is -2.15. The summed E-state index contributed by atoms with van der Waals surface area (Å²) in [5, 5.41) is 3.25. The largest absolute Gasteiger partial charge is 0.461 e. The average Bonchev–Trinajstić information content (AvgIpc) is 2.75. The summed E-state index contributed by atoms with van der Waals surface area (Å²) in [5.41, 5.74) is 7.60. The molecule has 0 saturated heterocycles. The molecule has 0 radical (unpaired) electrons. The van der Waals surface area contributed by atoms with Crippen LogP contribution in [0.5, 0.6) is 0 Å². The second kappa shape index (κ2) is 5.49. The van der Waals surface area contributed by atoms with E-state index in [9.17, 15) is 22.0 Å². The molecule has 0 spiro atoms. The third-order valence-electron chi connectivity index (χ3n) is 2.93. The van der Waals surface area contributed by atoms with Gasteiger partial charge in [-0.25, -0.2) is 4.68 Å². The summed E-state index contributed by atoms with van der Waals surface area (Å²) in [7, 11) is 0. The predicted octanol–water partition coefficient (Wildman–Crippen LogP) is 3.63. The predicted molar refractivity (Wildman–Crippen MR) is 72.4 cm³/mol. The number of aromatic nitrogens is 3. The number of benzene rings is 1. The summed E-state index contributed by atoms with van der Waals surface area (Å²) in [4.78, 5) is 3.16. The molecule has 1 heterocycles. The maximum Gasteiger partial charge on any atom is 0.461 e. The summed E-state index contributed by atoms with van der Waals surface area (Å²) < 4.78 is 64.1. The normalized spacial score (nSPS) is 12.7. The van der Waals surface area contributed by atoms with Gasteiger partial charge in [-0.15, -0.1) is 5.10 Å². The molecule has 2 aromatic rings. The molecule has 0 bridgehead atoms. The van der Waals surface area contributed by atoms with Gasteiger partial charge in [0.25, 0.3) is 0 Å². The lowest BCUT2D eigenvalue weighted by molar-refractivity contribution is -0.292. The fourth-order valence-electron chi connectivity index (χ4n) is 1.69. The van der Waals surface area contributed by atoms with Gasteiger partial charge >= 0.3 is 12.1 Å². The van der Waals surface area contributed by atoms with Gasteiger partial charge in [-0.1, -0.05) is 12.1 Å². The first-order valence-electron chi connectivity index (χ1n) is 5.92. The van der Waals surface area contributed by atoms with E-state index >= 15 is 0 Å². The van der Waals surface area contributed by atoms with Gasteiger partial charge in [-0.3, -0.25) is 0 Å². The molecule has 1 aromatic carbocycles. The Balaban J connectivity index is 2.32. The number of alkyl halides is 5. The highest BCUT2D eigenvalue weighted by Crippen LogP contribution is 2.42. The lowest BCUT2D eigenvalue weighted by Crippen LogP contribution is -2.35. The van der Waals surface area contributed by atoms with Gasteiger partial charge in [0.2, 0.25) is 5.82 Å². The van der Waals surface area contributed by atoms with Gasteiger partial charge in [0.15, 0.2) is 4.73 Å². The van der Waals surface area contributed by atoms with E-state index in [0.29, 0.717) is 11.3 Å². The van der Waals surface area contributed by atoms with Crippen LogP contribution in [0.1, 0.15) is 17.0 Å². The Morgan fingerprint density at radius 2 is 1.86 bits per heavy atom. The zero-order chi connectivity index (χ0) is 16.7. The van der Waals surface area contributed by atoms with Gasteiger partial charge in [-0.2, -0.15) is 26.9 Å². The molecule has 10 heteroatoms. The molecule has 0 saturated carbocycles. The fourth-order valence-corrected chi connectivity index (χ4v) is 2.07. The van der Waals surface area contributed by atoms with Crippen molar-refractivity contribution in [1.29, 1.82) is 0 Å². The molecule has 0 aliphatic rings. The molecular formula is C12H10BrF5N4. The summed E-state index contributed by atoms with van der Waals surface area (Å²) in [6, 6.07) is 4.92. The van der Waals surface area contributed by atoms with Crippen LogP contribution in [0.3, 0.4) is 0 Å². The standard InChI is InChI=1S/C12H10BrF5N4/c1-6-4-7(2-3-8(6)19)5-22-10(13)20-9(21-22)11(14,15)12(16,17)18/h2-4H,5,19H2,1H3. The van der Waals surface area contributed by atoms with Crippen LogP contribution in [0.15, 0.2) is 22.9 Å². The van der Waals surface area contributed by atoms with E-state index in [1.807, 2.05) is 0 Å². The van der Waals surface area contributed by atoms with Gasteiger partial charge in [0.05, 0.1) is 6.54 Å². The Morgan fingerprint density at radius 1 is 1.23 bits per heavy atom. The molecule has 1 aromatic heterocycles. The van der Waals surface area contributed by atoms with E-state index in [4.69, 9.17) is 5.73 Å². The summed E-state index contributed by atoms with van der Waals surface area (Å²) in [6.07, 6.45) is -5.75. The first kappa shape index (κ1) is 16.7. The van der Waals surface area contributed by atoms with Crippen molar-refractivity contribution in [2.75, 3.05) is 5.73 Å². The van der Waals surface area contributed by atoms with Crippen LogP contribution in [0.4, 0.5) is 27.6 Å². The van der Waals surface area contributed by atoms with Gasteiger partial charge < -0.3 is 5.73 Å². The van der Waals surface area contributed by atoms with Gasteiger partial charge in [0.1, 0.15) is 0 Å². The molecular weight excluding hydrogens is 375 g/mol. The smallest absolute Gasteiger partial charge is 0.399 e. The molecule has 0 amide bonds. The summed E-state index contributed by atoms with van der Waals surface area (Å²) >= 11 is 2.83. The summed E-state index contributed by atoms with van der Waals surface area (Å²) in [6.45, 7) is 1.72. The number of anilines is 1. The SMILES string of the molecule is Cc1cc(Cn2nc(C(F)(F)C(F)(F)F)nc2Br)ccc1N. The summed E-state index contributed by atoms with van der Waals surface area (Å²) in [5.74, 6) is -6.71. The Labute approximate surface area is 130 Å². The van der Waals surface area contributed by atoms with E-state index in [1.165, 1.54) is 0 Å². The number of aryl methyl sites for hydroxylation is 1. The lowest BCUT2D eigenvalue weighted by atomic mass is 10.1. The number of hydrogen-bond acceptors (Lipinski definition) is 3. The van der Waals surface area contributed by atoms with Crippen LogP contribution >= 0.6 is 15.9 Å². The van der Waals surface area contributed by atoms with Gasteiger partial charge in [0, 0.05) is 5.69 Å². The maximum absolute atomic E-state index is 13.2. The van der Waals surface area contributed by atoms with Gasteiger partial charge in [-0.05, 0) is 40.0 Å². The Hall–Kier alpha value is -1.71. The molecule has 0 atom stereocenters. The van der Waals surface area contributed by atoms with Crippen molar-refractivity contribution in [3.05, 3.63) is 39.9 Å². The third-order valence-corrected chi connectivity index (χ3v) is 3.52. The molecule has 2 N–H and O–H groups in total. The first-order chi connectivity index (χ1) is 10.0. The highest BCUT2D eigenvalue weighted by molar-refractivity contribution is 9.10. The second-order valence-electron chi connectivity index (χ2n) is 4.63. The molecule has 22 heavy (non-hydrogen) atoms. The van der Waals surface area contributed by atoms with Crippen molar-refractivity contribution in [3.8, 4) is 0 Å². The van der Waals surface area contributed by atoms with Crippen LogP contribution in [0, 0.1) is 6.92 Å². The van der Waals surface area contributed by atoms with E-state index < -0.39 is 17.9 Å². The minimum Gasteiger partial charge on any atom is -0.399 e. The number of nitrogen functional groups attached to an aromatic ring is 1. The zero-order valence-corrected chi connectivity index (χ0v) is 12.7. The molecule has 0 unspecified atom stereocenters. The number of nitrogens with two attached hydrogens (primary N) is 1. The number of hydrogen-bond donors (Lipinski definition) is 1. The highest BCUT2D eigenvalue weighted by Gasteiger charge is 2.61. The van der Waals surface area contributed by atoms with E-state index in [-0.39, 0.29) is 11.3 Å². The topological polar surface area (TPSA) is 56.7 Å². The first-order valence-corrected chi connectivity index (χ1v) is 6.72. The maximum atomic E-state index is 13.2. The second-order valence-corrected chi connectivity index (χ2v) is 5.33. The minimum atomic E-state index is -5.75. The third kappa shape index (κ3) is 3.06. The molecule has 0 fully saturated rings. The van der Waals surface area contributed by atoms with Crippen LogP contribution in [0.25, 0.3) is 0 Å². The van der Waals surface area contributed by atoms with Crippen molar-refractivity contribution in [1.82, 2.24) is 14.8 Å². The molecule has 120 valence electrons. The fraction of sp³-hybridized carbons (Fsp3) is 0.333. The number of rotatable bonds is 3. The minimum absolute atomic E-state index is 0.0252. The molecule has 4 nitrogen and oxygen atoms in total.